The molecular formula is C15H21FO. The number of aliphatic hydroxyl groups excluding tert-OH is 1. The van der Waals surface area contributed by atoms with Gasteiger partial charge in [-0.25, -0.2) is 4.39 Å². The highest BCUT2D eigenvalue weighted by Gasteiger charge is 2.23. The predicted octanol–water partition coefficient (Wildman–Crippen LogP) is 3.65. The number of aliphatic hydroxyl groups is 1. The van der Waals surface area contributed by atoms with Crippen molar-refractivity contribution in [3.05, 3.63) is 35.1 Å². The van der Waals surface area contributed by atoms with Crippen LogP contribution in [0.15, 0.2) is 18.2 Å². The van der Waals surface area contributed by atoms with E-state index in [0.717, 1.165) is 37.7 Å². The first kappa shape index (κ1) is 12.6. The van der Waals surface area contributed by atoms with Gasteiger partial charge >= 0.3 is 0 Å². The standard InChI is InChI=1S/C15H21FO/c1-2-11-5-8-15(16)14(9-11)13-6-3-12(10-17)4-7-13/h5,8-9,12-13,17H,2-4,6-7,10H2,1H3. The van der Waals surface area contributed by atoms with Crippen molar-refractivity contribution >= 4 is 0 Å². The maximum atomic E-state index is 13.8. The molecule has 0 aromatic heterocycles. The molecule has 1 fully saturated rings. The topological polar surface area (TPSA) is 20.2 Å². The number of aryl methyl sites for hydroxylation is 1. The Morgan fingerprint density at radius 2 is 1.94 bits per heavy atom. The normalized spacial score (nSPS) is 24.9. The van der Waals surface area contributed by atoms with Gasteiger partial charge in [-0.3, -0.25) is 0 Å². The molecule has 1 saturated carbocycles. The molecule has 0 bridgehead atoms. The molecule has 2 heteroatoms. The SMILES string of the molecule is CCc1ccc(F)c(C2CCC(CO)CC2)c1. The molecule has 1 aromatic rings. The van der Waals surface area contributed by atoms with E-state index in [1.54, 1.807) is 6.07 Å². The minimum atomic E-state index is -0.0605. The summed E-state index contributed by atoms with van der Waals surface area (Å²) in [6.45, 7) is 2.38. The first-order chi connectivity index (χ1) is 8.24. The van der Waals surface area contributed by atoms with Gasteiger partial charge in [0.15, 0.2) is 0 Å². The lowest BCUT2D eigenvalue weighted by Crippen LogP contribution is -2.17. The first-order valence-electron chi connectivity index (χ1n) is 6.63. The summed E-state index contributed by atoms with van der Waals surface area (Å²) in [7, 11) is 0. The van der Waals surface area contributed by atoms with E-state index < -0.39 is 0 Å². The molecule has 0 amide bonds. The van der Waals surface area contributed by atoms with Crippen molar-refractivity contribution in [2.45, 2.75) is 44.9 Å². The third-order valence-corrected chi connectivity index (χ3v) is 4.01. The van der Waals surface area contributed by atoms with E-state index >= 15 is 0 Å². The van der Waals surface area contributed by atoms with Crippen LogP contribution in [0.4, 0.5) is 4.39 Å². The van der Waals surface area contributed by atoms with Gasteiger partial charge in [0.2, 0.25) is 0 Å². The number of hydrogen-bond acceptors (Lipinski definition) is 1. The van der Waals surface area contributed by atoms with Gasteiger partial charge in [0.05, 0.1) is 0 Å². The third-order valence-electron chi connectivity index (χ3n) is 4.01. The summed E-state index contributed by atoms with van der Waals surface area (Å²) in [4.78, 5) is 0. The zero-order valence-electron chi connectivity index (χ0n) is 10.5. The minimum Gasteiger partial charge on any atom is -0.396 e. The third kappa shape index (κ3) is 2.86. The average molecular weight is 236 g/mol. The highest BCUT2D eigenvalue weighted by Crippen LogP contribution is 2.36. The number of rotatable bonds is 3. The fourth-order valence-corrected chi connectivity index (χ4v) is 2.78. The number of benzene rings is 1. The van der Waals surface area contributed by atoms with Crippen LogP contribution in [0.1, 0.15) is 49.7 Å². The van der Waals surface area contributed by atoms with Crippen LogP contribution >= 0.6 is 0 Å². The summed E-state index contributed by atoms with van der Waals surface area (Å²) < 4.78 is 13.8. The van der Waals surface area contributed by atoms with Gasteiger partial charge in [-0.2, -0.15) is 0 Å². The van der Waals surface area contributed by atoms with Crippen molar-refractivity contribution in [2.75, 3.05) is 6.61 Å². The molecule has 0 saturated heterocycles. The first-order valence-corrected chi connectivity index (χ1v) is 6.63. The Morgan fingerprint density at radius 3 is 2.53 bits per heavy atom. The zero-order valence-corrected chi connectivity index (χ0v) is 10.5. The van der Waals surface area contributed by atoms with Crippen molar-refractivity contribution < 1.29 is 9.50 Å². The molecule has 0 heterocycles. The summed E-state index contributed by atoms with van der Waals surface area (Å²) in [6.07, 6.45) is 5.03. The fourth-order valence-electron chi connectivity index (χ4n) is 2.78. The van der Waals surface area contributed by atoms with Crippen LogP contribution in [0.5, 0.6) is 0 Å². The summed E-state index contributed by atoms with van der Waals surface area (Å²) in [5.74, 6) is 0.725. The van der Waals surface area contributed by atoms with Gasteiger partial charge in [0.1, 0.15) is 5.82 Å². The lowest BCUT2D eigenvalue weighted by atomic mass is 9.78. The van der Waals surface area contributed by atoms with Gasteiger partial charge in [-0.05, 0) is 61.1 Å². The van der Waals surface area contributed by atoms with Crippen molar-refractivity contribution in [3.8, 4) is 0 Å². The fraction of sp³-hybridized carbons (Fsp3) is 0.600. The molecule has 94 valence electrons. The van der Waals surface area contributed by atoms with Crippen LogP contribution in [-0.2, 0) is 6.42 Å². The van der Waals surface area contributed by atoms with Crippen LogP contribution in [0.25, 0.3) is 0 Å². The summed E-state index contributed by atoms with van der Waals surface area (Å²) >= 11 is 0. The molecule has 0 atom stereocenters. The summed E-state index contributed by atoms with van der Waals surface area (Å²) in [5.41, 5.74) is 2.10. The van der Waals surface area contributed by atoms with Crippen LogP contribution < -0.4 is 0 Å². The number of hydrogen-bond donors (Lipinski definition) is 1. The Hall–Kier alpha value is -0.890. The van der Waals surface area contributed by atoms with Crippen LogP contribution in [0.3, 0.4) is 0 Å². The van der Waals surface area contributed by atoms with Crippen molar-refractivity contribution in [2.24, 2.45) is 5.92 Å². The Bertz CT molecular complexity index is 367. The van der Waals surface area contributed by atoms with E-state index in [1.165, 1.54) is 5.56 Å². The summed E-state index contributed by atoms with van der Waals surface area (Å²) in [5, 5.41) is 9.11. The maximum absolute atomic E-state index is 13.8. The van der Waals surface area contributed by atoms with E-state index in [9.17, 15) is 4.39 Å². The number of halogens is 1. The van der Waals surface area contributed by atoms with Gasteiger partial charge in [0, 0.05) is 6.61 Å². The molecule has 1 aliphatic rings. The Balaban J connectivity index is 2.12. The largest absolute Gasteiger partial charge is 0.396 e. The molecule has 1 aliphatic carbocycles. The second kappa shape index (κ2) is 5.63. The van der Waals surface area contributed by atoms with Crippen molar-refractivity contribution in [3.63, 3.8) is 0 Å². The van der Waals surface area contributed by atoms with Crippen LogP contribution in [0.2, 0.25) is 0 Å². The van der Waals surface area contributed by atoms with Gasteiger partial charge in [0.25, 0.3) is 0 Å². The van der Waals surface area contributed by atoms with Crippen LogP contribution in [0, 0.1) is 11.7 Å². The van der Waals surface area contributed by atoms with Gasteiger partial charge < -0.3 is 5.11 Å². The smallest absolute Gasteiger partial charge is 0.126 e. The molecular weight excluding hydrogens is 215 g/mol. The van der Waals surface area contributed by atoms with Gasteiger partial charge in [-0.15, -0.1) is 0 Å². The second-order valence-corrected chi connectivity index (χ2v) is 5.11. The maximum Gasteiger partial charge on any atom is 0.126 e. The molecule has 0 aliphatic heterocycles. The molecule has 1 N–H and O–H groups in total. The second-order valence-electron chi connectivity index (χ2n) is 5.11. The van der Waals surface area contributed by atoms with E-state index in [2.05, 4.69) is 6.92 Å². The Labute approximate surface area is 103 Å². The van der Waals surface area contributed by atoms with Gasteiger partial charge in [-0.1, -0.05) is 19.1 Å². The molecule has 1 nitrogen and oxygen atoms in total. The lowest BCUT2D eigenvalue weighted by Gasteiger charge is -2.28. The van der Waals surface area contributed by atoms with Crippen molar-refractivity contribution in [1.82, 2.24) is 0 Å². The molecule has 1 aromatic carbocycles. The summed E-state index contributed by atoms with van der Waals surface area (Å²) in [6, 6.07) is 5.50. The molecule has 0 radical (unpaired) electrons. The molecule has 0 unspecified atom stereocenters. The van der Waals surface area contributed by atoms with Crippen molar-refractivity contribution in [1.29, 1.82) is 0 Å². The molecule has 0 spiro atoms. The lowest BCUT2D eigenvalue weighted by molar-refractivity contribution is 0.181. The Morgan fingerprint density at radius 1 is 1.24 bits per heavy atom. The van der Waals surface area contributed by atoms with E-state index in [1.807, 2.05) is 12.1 Å². The highest BCUT2D eigenvalue weighted by molar-refractivity contribution is 5.28. The average Bonchev–Trinajstić information content (AvgIpc) is 2.39. The van der Waals surface area contributed by atoms with Crippen LogP contribution in [-0.4, -0.2) is 11.7 Å². The quantitative estimate of drug-likeness (QED) is 0.849. The van der Waals surface area contributed by atoms with E-state index in [-0.39, 0.29) is 12.4 Å². The zero-order chi connectivity index (χ0) is 12.3. The Kier molecular flexibility index (Phi) is 4.16. The highest BCUT2D eigenvalue weighted by atomic mass is 19.1. The molecule has 17 heavy (non-hydrogen) atoms. The minimum absolute atomic E-state index is 0.0605. The van der Waals surface area contributed by atoms with E-state index in [0.29, 0.717) is 11.8 Å². The molecule has 2 rings (SSSR count). The van der Waals surface area contributed by atoms with E-state index in [4.69, 9.17) is 5.11 Å². The monoisotopic (exact) mass is 236 g/mol. The predicted molar refractivity (Wildman–Crippen MR) is 67.6 cm³/mol.